The molecule has 0 saturated heterocycles. The number of aliphatic carboxylic acids is 1. The first kappa shape index (κ1) is 21.2. The maximum Gasteiger partial charge on any atom is 0.306 e. The van der Waals surface area contributed by atoms with Crippen molar-refractivity contribution in [2.75, 3.05) is 0 Å². The standard InChI is InChI=1S/C18H31ClO3/c1-3-5-7-11-15(17(19)20)12-9-10-14-16(18(21)22)13-8-6-4-2/h9-10,15-16H,3-8,11-14H2,1-2H3,(H,21,22). The van der Waals surface area contributed by atoms with Gasteiger partial charge in [0.25, 0.3) is 0 Å². The van der Waals surface area contributed by atoms with Gasteiger partial charge < -0.3 is 5.11 Å². The highest BCUT2D eigenvalue weighted by Gasteiger charge is 2.16. The molecule has 0 aromatic rings. The molecule has 0 aliphatic carbocycles. The number of carboxylic acids is 1. The van der Waals surface area contributed by atoms with Crippen LogP contribution in [0.4, 0.5) is 0 Å². The molecule has 0 fully saturated rings. The second-order valence-corrected chi connectivity index (χ2v) is 6.34. The molecule has 1 N–H and O–H groups in total. The van der Waals surface area contributed by atoms with Crippen LogP contribution in [0.2, 0.25) is 0 Å². The van der Waals surface area contributed by atoms with E-state index in [1.807, 2.05) is 12.2 Å². The largest absolute Gasteiger partial charge is 0.481 e. The molecular formula is C18H31ClO3. The fourth-order valence-electron chi connectivity index (χ4n) is 2.47. The third kappa shape index (κ3) is 10.8. The van der Waals surface area contributed by atoms with Crippen LogP contribution < -0.4 is 0 Å². The summed E-state index contributed by atoms with van der Waals surface area (Å²) in [4.78, 5) is 22.6. The minimum atomic E-state index is -0.728. The Morgan fingerprint density at radius 2 is 1.36 bits per heavy atom. The molecule has 4 heteroatoms. The molecule has 0 saturated carbocycles. The number of hydrogen-bond acceptors (Lipinski definition) is 2. The summed E-state index contributed by atoms with van der Waals surface area (Å²) in [6, 6.07) is 0. The third-order valence-corrected chi connectivity index (χ3v) is 4.30. The van der Waals surface area contributed by atoms with E-state index in [-0.39, 0.29) is 17.1 Å². The lowest BCUT2D eigenvalue weighted by molar-refractivity contribution is -0.141. The van der Waals surface area contributed by atoms with Gasteiger partial charge in [-0.15, -0.1) is 0 Å². The van der Waals surface area contributed by atoms with Crippen LogP contribution in [0.5, 0.6) is 0 Å². The van der Waals surface area contributed by atoms with E-state index in [0.29, 0.717) is 12.8 Å². The molecular weight excluding hydrogens is 300 g/mol. The first-order chi connectivity index (χ1) is 10.5. The highest BCUT2D eigenvalue weighted by molar-refractivity contribution is 6.63. The Bertz CT molecular complexity index is 307. The minimum Gasteiger partial charge on any atom is -0.481 e. The maximum atomic E-state index is 11.4. The lowest BCUT2D eigenvalue weighted by Gasteiger charge is -2.11. The zero-order valence-electron chi connectivity index (χ0n) is 14.0. The molecule has 2 atom stereocenters. The monoisotopic (exact) mass is 330 g/mol. The van der Waals surface area contributed by atoms with E-state index >= 15 is 0 Å². The highest BCUT2D eigenvalue weighted by Crippen LogP contribution is 2.19. The predicted octanol–water partition coefficient (Wildman–Crippen LogP) is 5.57. The van der Waals surface area contributed by atoms with Gasteiger partial charge in [0.15, 0.2) is 0 Å². The zero-order chi connectivity index (χ0) is 16.8. The van der Waals surface area contributed by atoms with E-state index in [2.05, 4.69) is 13.8 Å². The molecule has 0 aromatic carbocycles. The molecule has 2 unspecified atom stereocenters. The molecule has 0 aliphatic heterocycles. The van der Waals surface area contributed by atoms with Crippen LogP contribution in [-0.2, 0) is 9.59 Å². The average molecular weight is 331 g/mol. The van der Waals surface area contributed by atoms with E-state index in [1.54, 1.807) is 0 Å². The predicted molar refractivity (Wildman–Crippen MR) is 92.1 cm³/mol. The Hall–Kier alpha value is -0.830. The molecule has 0 bridgehead atoms. The van der Waals surface area contributed by atoms with Crippen molar-refractivity contribution in [1.82, 2.24) is 0 Å². The van der Waals surface area contributed by atoms with E-state index in [1.165, 1.54) is 0 Å². The van der Waals surface area contributed by atoms with Gasteiger partial charge in [-0.1, -0.05) is 64.5 Å². The van der Waals surface area contributed by atoms with Crippen LogP contribution in [0, 0.1) is 11.8 Å². The van der Waals surface area contributed by atoms with Crippen LogP contribution >= 0.6 is 11.6 Å². The molecule has 3 nitrogen and oxygen atoms in total. The molecule has 22 heavy (non-hydrogen) atoms. The fourth-order valence-corrected chi connectivity index (χ4v) is 2.67. The Morgan fingerprint density at radius 1 is 0.909 bits per heavy atom. The quantitative estimate of drug-likeness (QED) is 0.257. The second-order valence-electron chi connectivity index (χ2n) is 5.97. The lowest BCUT2D eigenvalue weighted by Crippen LogP contribution is -2.13. The maximum absolute atomic E-state index is 11.4. The van der Waals surface area contributed by atoms with Crippen LogP contribution in [0.15, 0.2) is 12.2 Å². The van der Waals surface area contributed by atoms with Crippen molar-refractivity contribution >= 4 is 22.8 Å². The lowest BCUT2D eigenvalue weighted by atomic mass is 9.96. The number of rotatable bonds is 14. The summed E-state index contributed by atoms with van der Waals surface area (Å²) in [6.45, 7) is 4.24. The number of allylic oxidation sites excluding steroid dienone is 2. The van der Waals surface area contributed by atoms with Crippen molar-refractivity contribution in [1.29, 1.82) is 0 Å². The molecule has 0 amide bonds. The zero-order valence-corrected chi connectivity index (χ0v) is 14.8. The van der Waals surface area contributed by atoms with Gasteiger partial charge in [-0.05, 0) is 37.3 Å². The van der Waals surface area contributed by atoms with Crippen LogP contribution in [0.3, 0.4) is 0 Å². The van der Waals surface area contributed by atoms with E-state index in [9.17, 15) is 14.7 Å². The Kier molecular flexibility index (Phi) is 13.3. The topological polar surface area (TPSA) is 54.4 Å². The summed E-state index contributed by atoms with van der Waals surface area (Å²) in [6.07, 6.45) is 12.9. The van der Waals surface area contributed by atoms with Crippen molar-refractivity contribution < 1.29 is 14.7 Å². The Labute approximate surface area is 140 Å². The van der Waals surface area contributed by atoms with Gasteiger partial charge in [0, 0.05) is 5.92 Å². The van der Waals surface area contributed by atoms with Crippen molar-refractivity contribution in [3.05, 3.63) is 12.2 Å². The summed E-state index contributed by atoms with van der Waals surface area (Å²) in [7, 11) is 0. The number of carbonyl (C=O) groups is 2. The van der Waals surface area contributed by atoms with E-state index in [4.69, 9.17) is 11.6 Å². The normalized spacial score (nSPS) is 14.1. The Balaban J connectivity index is 4.18. The molecule has 0 aromatic heterocycles. The number of carboxylic acid groups (broad SMARTS) is 1. The number of carbonyl (C=O) groups excluding carboxylic acids is 1. The van der Waals surface area contributed by atoms with Gasteiger partial charge >= 0.3 is 5.97 Å². The number of halogens is 1. The van der Waals surface area contributed by atoms with E-state index < -0.39 is 5.97 Å². The highest BCUT2D eigenvalue weighted by atomic mass is 35.5. The first-order valence-corrected chi connectivity index (χ1v) is 8.97. The SMILES string of the molecule is CCCCCC(CC=CCC(CCCCC)C(=O)Cl)C(=O)O. The van der Waals surface area contributed by atoms with Crippen molar-refractivity contribution in [3.8, 4) is 0 Å². The van der Waals surface area contributed by atoms with Crippen LogP contribution in [0.1, 0.15) is 78.1 Å². The molecule has 0 radical (unpaired) electrons. The van der Waals surface area contributed by atoms with Gasteiger partial charge in [-0.2, -0.15) is 0 Å². The first-order valence-electron chi connectivity index (χ1n) is 8.60. The molecule has 0 spiro atoms. The number of unbranched alkanes of at least 4 members (excludes halogenated alkanes) is 4. The van der Waals surface area contributed by atoms with Crippen molar-refractivity contribution in [3.63, 3.8) is 0 Å². The molecule has 0 aliphatic rings. The van der Waals surface area contributed by atoms with Crippen LogP contribution in [-0.4, -0.2) is 16.3 Å². The molecule has 0 heterocycles. The Morgan fingerprint density at radius 3 is 1.77 bits per heavy atom. The third-order valence-electron chi connectivity index (χ3n) is 3.99. The average Bonchev–Trinajstić information content (AvgIpc) is 2.47. The van der Waals surface area contributed by atoms with Gasteiger partial charge in [-0.3, -0.25) is 9.59 Å². The summed E-state index contributed by atoms with van der Waals surface area (Å²) < 4.78 is 0. The summed E-state index contributed by atoms with van der Waals surface area (Å²) in [5.74, 6) is -1.17. The smallest absolute Gasteiger partial charge is 0.306 e. The van der Waals surface area contributed by atoms with Crippen molar-refractivity contribution in [2.45, 2.75) is 78.1 Å². The van der Waals surface area contributed by atoms with E-state index in [0.717, 1.165) is 51.4 Å². The summed E-state index contributed by atoms with van der Waals surface area (Å²) >= 11 is 5.63. The number of hydrogen-bond donors (Lipinski definition) is 1. The van der Waals surface area contributed by atoms with Gasteiger partial charge in [-0.25, -0.2) is 0 Å². The van der Waals surface area contributed by atoms with Gasteiger partial charge in [0.1, 0.15) is 0 Å². The van der Waals surface area contributed by atoms with Crippen molar-refractivity contribution in [2.24, 2.45) is 11.8 Å². The minimum absolute atomic E-state index is 0.132. The fraction of sp³-hybridized carbons (Fsp3) is 0.778. The second kappa shape index (κ2) is 13.8. The molecule has 128 valence electrons. The van der Waals surface area contributed by atoms with Gasteiger partial charge in [0.05, 0.1) is 5.92 Å². The van der Waals surface area contributed by atoms with Crippen LogP contribution in [0.25, 0.3) is 0 Å². The van der Waals surface area contributed by atoms with Gasteiger partial charge in [0.2, 0.25) is 5.24 Å². The molecule has 0 rings (SSSR count). The summed E-state index contributed by atoms with van der Waals surface area (Å²) in [5.41, 5.74) is 0. The summed E-state index contributed by atoms with van der Waals surface area (Å²) in [5, 5.41) is 8.92.